The minimum atomic E-state index is -4.61. The number of aromatic nitrogens is 2. The number of hydrogen-bond donors (Lipinski definition) is 3. The first-order valence-electron chi connectivity index (χ1n) is 9.81. The van der Waals surface area contributed by atoms with Crippen molar-refractivity contribution in [2.45, 2.75) is 19.0 Å². The van der Waals surface area contributed by atoms with Gasteiger partial charge in [0.15, 0.2) is 5.82 Å². The molecule has 0 aliphatic carbocycles. The van der Waals surface area contributed by atoms with Gasteiger partial charge >= 0.3 is 6.18 Å². The van der Waals surface area contributed by atoms with Crippen LogP contribution in [0.5, 0.6) is 5.75 Å². The number of alkyl halides is 3. The number of nitrogens with zero attached hydrogens (tertiary/aromatic N) is 5. The van der Waals surface area contributed by atoms with Gasteiger partial charge in [0.1, 0.15) is 22.8 Å². The van der Waals surface area contributed by atoms with Crippen LogP contribution in [0.3, 0.4) is 0 Å². The van der Waals surface area contributed by atoms with Gasteiger partial charge in [0, 0.05) is 56.2 Å². The van der Waals surface area contributed by atoms with Crippen molar-refractivity contribution in [3.05, 3.63) is 29.5 Å². The van der Waals surface area contributed by atoms with Gasteiger partial charge in [-0.1, -0.05) is 6.07 Å². The number of piperidine rings is 1. The lowest BCUT2D eigenvalue weighted by Gasteiger charge is -2.30. The average Bonchev–Trinajstić information content (AvgIpc) is 2.75. The van der Waals surface area contributed by atoms with E-state index in [1.165, 1.54) is 14.2 Å². The summed E-state index contributed by atoms with van der Waals surface area (Å²) in [7, 11) is 2.98. The molecule has 0 saturated carbocycles. The van der Waals surface area contributed by atoms with Gasteiger partial charge in [-0.2, -0.15) is 18.2 Å². The van der Waals surface area contributed by atoms with Crippen LogP contribution < -0.4 is 21.9 Å². The molecule has 2 aromatic rings. The molecule has 0 spiro atoms. The standard InChI is InChI=1S/C20H25F3N8O/c1-27-13-6-8-31(10-12(13)17(25)20(21,22)23)9-7-15(24)28-18-11-4-3-5-14(32-2)16(11)29-19(26)30-18/h3-5H,6-10,25H2,1-2H3,(H4,24,26,28,29,30). The van der Waals surface area contributed by atoms with Crippen LogP contribution in [0, 0.1) is 0 Å². The van der Waals surface area contributed by atoms with E-state index >= 15 is 0 Å². The molecule has 2 heterocycles. The molecule has 32 heavy (non-hydrogen) atoms. The molecule has 9 nitrogen and oxygen atoms in total. The third kappa shape index (κ3) is 5.07. The van der Waals surface area contributed by atoms with Gasteiger partial charge in [0.25, 0.3) is 0 Å². The summed E-state index contributed by atoms with van der Waals surface area (Å²) in [6, 6.07) is 5.29. The van der Waals surface area contributed by atoms with Crippen LogP contribution in [0.4, 0.5) is 24.9 Å². The summed E-state index contributed by atoms with van der Waals surface area (Å²) < 4.78 is 44.6. The van der Waals surface area contributed by atoms with E-state index in [1.807, 2.05) is 4.90 Å². The summed E-state index contributed by atoms with van der Waals surface area (Å²) in [5.41, 5.74) is 17.0. The van der Waals surface area contributed by atoms with Crippen molar-refractivity contribution in [1.82, 2.24) is 14.9 Å². The number of amidine groups is 1. The van der Waals surface area contributed by atoms with Crippen LogP contribution in [0.25, 0.3) is 10.9 Å². The van der Waals surface area contributed by atoms with Crippen molar-refractivity contribution in [3.8, 4) is 5.75 Å². The van der Waals surface area contributed by atoms with Crippen molar-refractivity contribution >= 4 is 34.2 Å². The third-order valence-corrected chi connectivity index (χ3v) is 5.14. The largest absolute Gasteiger partial charge is 0.494 e. The van der Waals surface area contributed by atoms with Crippen molar-refractivity contribution < 1.29 is 17.9 Å². The molecule has 3 rings (SSSR count). The molecule has 172 valence electrons. The Labute approximate surface area is 182 Å². The quantitative estimate of drug-likeness (QED) is 0.468. The summed E-state index contributed by atoms with van der Waals surface area (Å²) in [6.07, 6.45) is -3.93. The number of hydrogen-bond acceptors (Lipinski definition) is 8. The van der Waals surface area contributed by atoms with Gasteiger partial charge < -0.3 is 21.9 Å². The Kier molecular flexibility index (Phi) is 6.82. The Morgan fingerprint density at radius 2 is 2.00 bits per heavy atom. The molecule has 1 aromatic heterocycles. The molecule has 0 unspecified atom stereocenters. The molecular formula is C20H25F3N8O. The fourth-order valence-electron chi connectivity index (χ4n) is 3.50. The Balaban J connectivity index is 1.78. The molecule has 1 aliphatic heterocycles. The number of rotatable bonds is 5. The van der Waals surface area contributed by atoms with Gasteiger partial charge in [0.2, 0.25) is 5.95 Å². The van der Waals surface area contributed by atoms with Gasteiger partial charge in [0.05, 0.1) is 7.11 Å². The molecule has 1 aromatic carbocycles. The lowest BCUT2D eigenvalue weighted by atomic mass is 9.99. The molecule has 6 N–H and O–H groups in total. The average molecular weight is 450 g/mol. The topological polar surface area (TPSA) is 141 Å². The molecule has 0 amide bonds. The Bertz CT molecular complexity index is 1090. The minimum Gasteiger partial charge on any atom is -0.494 e. The fourth-order valence-corrected chi connectivity index (χ4v) is 3.50. The maximum Gasteiger partial charge on any atom is 0.431 e. The zero-order valence-corrected chi connectivity index (χ0v) is 17.8. The number of para-hydroxylation sites is 1. The van der Waals surface area contributed by atoms with Crippen LogP contribution in [0.2, 0.25) is 0 Å². The van der Waals surface area contributed by atoms with Crippen molar-refractivity contribution in [1.29, 1.82) is 0 Å². The second kappa shape index (κ2) is 9.39. The maximum atomic E-state index is 13.1. The van der Waals surface area contributed by atoms with E-state index in [1.54, 1.807) is 18.2 Å². The molecule has 0 atom stereocenters. The van der Waals surface area contributed by atoms with Crippen LogP contribution >= 0.6 is 0 Å². The summed E-state index contributed by atoms with van der Waals surface area (Å²) in [4.78, 5) is 18.5. The highest BCUT2D eigenvalue weighted by molar-refractivity contribution is 6.02. The minimum absolute atomic E-state index is 0.00317. The smallest absolute Gasteiger partial charge is 0.431 e. The Morgan fingerprint density at radius 3 is 2.66 bits per heavy atom. The van der Waals surface area contributed by atoms with Crippen molar-refractivity contribution in [2.75, 3.05) is 39.5 Å². The highest BCUT2D eigenvalue weighted by Crippen LogP contribution is 2.30. The number of ether oxygens (including phenoxy) is 1. The van der Waals surface area contributed by atoms with Crippen molar-refractivity contribution in [2.24, 2.45) is 21.5 Å². The molecule has 1 saturated heterocycles. The zero-order chi connectivity index (χ0) is 23.5. The number of benzene rings is 1. The number of fused-ring (bicyclic) bond motifs is 1. The van der Waals surface area contributed by atoms with E-state index in [-0.39, 0.29) is 23.9 Å². The van der Waals surface area contributed by atoms with E-state index in [9.17, 15) is 13.2 Å². The van der Waals surface area contributed by atoms with E-state index < -0.39 is 11.9 Å². The van der Waals surface area contributed by atoms with Crippen molar-refractivity contribution in [3.63, 3.8) is 0 Å². The number of aliphatic imine (C=N–C) groups is 2. The number of halogens is 3. The lowest BCUT2D eigenvalue weighted by Crippen LogP contribution is -2.40. The zero-order valence-electron chi connectivity index (χ0n) is 17.8. The third-order valence-electron chi connectivity index (χ3n) is 5.14. The van der Waals surface area contributed by atoms with Crippen LogP contribution in [0.15, 0.2) is 39.5 Å². The fraction of sp³-hybridized carbons (Fsp3) is 0.400. The second-order valence-electron chi connectivity index (χ2n) is 7.20. The second-order valence-corrected chi connectivity index (χ2v) is 7.20. The van der Waals surface area contributed by atoms with E-state index in [0.29, 0.717) is 54.1 Å². The molecule has 0 bridgehead atoms. The first-order valence-corrected chi connectivity index (χ1v) is 9.81. The predicted molar refractivity (Wildman–Crippen MR) is 118 cm³/mol. The lowest BCUT2D eigenvalue weighted by molar-refractivity contribution is -0.0935. The van der Waals surface area contributed by atoms with E-state index in [0.717, 1.165) is 0 Å². The van der Waals surface area contributed by atoms with Crippen LogP contribution in [-0.4, -0.2) is 66.4 Å². The van der Waals surface area contributed by atoms with Gasteiger partial charge in [-0.15, -0.1) is 0 Å². The van der Waals surface area contributed by atoms with Gasteiger partial charge in [-0.25, -0.2) is 9.98 Å². The summed E-state index contributed by atoms with van der Waals surface area (Å²) >= 11 is 0. The number of methoxy groups -OCH3 is 1. The molecule has 1 aliphatic rings. The highest BCUT2D eigenvalue weighted by Gasteiger charge is 2.36. The molecule has 12 heteroatoms. The Hall–Kier alpha value is -3.41. The van der Waals surface area contributed by atoms with Gasteiger partial charge in [-0.05, 0) is 12.1 Å². The molecule has 0 radical (unpaired) electrons. The molecular weight excluding hydrogens is 425 g/mol. The van der Waals surface area contributed by atoms with Gasteiger partial charge in [-0.3, -0.25) is 9.89 Å². The summed E-state index contributed by atoms with van der Waals surface area (Å²) in [5.74, 6) is 1.10. The summed E-state index contributed by atoms with van der Waals surface area (Å²) in [5, 5.41) is 0.617. The van der Waals surface area contributed by atoms with E-state index in [4.69, 9.17) is 21.9 Å². The number of nitrogen functional groups attached to an aromatic ring is 1. The van der Waals surface area contributed by atoms with E-state index in [2.05, 4.69) is 20.0 Å². The highest BCUT2D eigenvalue weighted by atomic mass is 19.4. The number of anilines is 1. The summed E-state index contributed by atoms with van der Waals surface area (Å²) in [6.45, 7) is 0.962. The van der Waals surface area contributed by atoms with Crippen LogP contribution in [0.1, 0.15) is 12.8 Å². The first kappa shape index (κ1) is 23.3. The first-order chi connectivity index (χ1) is 15.1. The monoisotopic (exact) mass is 450 g/mol. The number of nitrogens with two attached hydrogens (primary N) is 3. The predicted octanol–water partition coefficient (Wildman–Crippen LogP) is 2.15. The number of allylic oxidation sites excluding steroid dienone is 1. The number of likely N-dealkylation sites (tertiary alicyclic amines) is 1. The maximum absolute atomic E-state index is 13.1. The molecule has 1 fully saturated rings. The van der Waals surface area contributed by atoms with Crippen LogP contribution in [-0.2, 0) is 0 Å². The normalized spacial score (nSPS) is 18.9. The SMILES string of the molecule is CN=C1CCN(CCC(N)=Nc2nc(N)nc3c(OC)cccc23)CC1=C(N)C(F)(F)F. The Morgan fingerprint density at radius 1 is 1.25 bits per heavy atom.